The molecule has 1 aliphatic carbocycles. The van der Waals surface area contributed by atoms with E-state index in [0.29, 0.717) is 12.4 Å². The molecule has 0 bridgehead atoms. The van der Waals surface area contributed by atoms with Gasteiger partial charge in [-0.25, -0.2) is 13.8 Å². The third-order valence-electron chi connectivity index (χ3n) is 5.47. The number of allylic oxidation sites excluding steroid dienone is 1. The van der Waals surface area contributed by atoms with Gasteiger partial charge in [0.1, 0.15) is 11.6 Å². The molecule has 0 heterocycles. The molecule has 1 aromatic rings. The molecule has 2 N–H and O–H groups in total. The van der Waals surface area contributed by atoms with Crippen LogP contribution in [0.15, 0.2) is 24.8 Å². The molecule has 0 aromatic heterocycles. The molecule has 156 valence electrons. The van der Waals surface area contributed by atoms with Crippen molar-refractivity contribution in [1.29, 1.82) is 0 Å². The average molecular weight is 413 g/mol. The number of carbonyl (C=O) groups is 1. The molecule has 1 aliphatic rings. The number of amides is 1. The van der Waals surface area contributed by atoms with Crippen LogP contribution in [0.1, 0.15) is 67.8 Å². The monoisotopic (exact) mass is 412 g/mol. The summed E-state index contributed by atoms with van der Waals surface area (Å²) in [6.07, 6.45) is 6.32. The molecule has 6 nitrogen and oxygen atoms in total. The molecule has 0 atom stereocenters. The fraction of sp³-hybridized carbons (Fsp3) is 0.550. The Balaban J connectivity index is 2.30. The molecule has 28 heavy (non-hydrogen) atoms. The molecule has 0 spiro atoms. The maximum atomic E-state index is 14.6. The molecule has 0 saturated heterocycles. The minimum atomic E-state index is -4.01. The van der Waals surface area contributed by atoms with Crippen molar-refractivity contribution in [2.24, 2.45) is 5.41 Å². The van der Waals surface area contributed by atoms with Crippen molar-refractivity contribution in [2.75, 3.05) is 13.7 Å². The number of ether oxygens (including phenoxy) is 1. The van der Waals surface area contributed by atoms with E-state index in [1.165, 1.54) is 12.1 Å². The Morgan fingerprint density at radius 1 is 1.36 bits per heavy atom. The third kappa shape index (κ3) is 5.32. The second kappa shape index (κ2) is 9.05. The van der Waals surface area contributed by atoms with Gasteiger partial charge in [0.15, 0.2) is 0 Å². The first-order chi connectivity index (χ1) is 13.2. The van der Waals surface area contributed by atoms with Crippen LogP contribution in [-0.4, -0.2) is 28.0 Å². The van der Waals surface area contributed by atoms with Crippen molar-refractivity contribution in [3.63, 3.8) is 0 Å². The van der Waals surface area contributed by atoms with Crippen molar-refractivity contribution >= 4 is 16.1 Å². The third-order valence-corrected chi connectivity index (χ3v) is 6.46. The van der Waals surface area contributed by atoms with Gasteiger partial charge in [0.05, 0.1) is 12.2 Å². The van der Waals surface area contributed by atoms with Crippen molar-refractivity contribution in [1.82, 2.24) is 9.44 Å². The molecule has 2 rings (SSSR count). The first kappa shape index (κ1) is 22.4. The Labute approximate surface area is 166 Å². The van der Waals surface area contributed by atoms with Gasteiger partial charge in [0.2, 0.25) is 0 Å². The van der Waals surface area contributed by atoms with E-state index in [0.717, 1.165) is 44.7 Å². The lowest BCUT2D eigenvalue weighted by atomic mass is 9.80. The molecule has 1 amide bonds. The van der Waals surface area contributed by atoms with Gasteiger partial charge < -0.3 is 4.74 Å². The summed E-state index contributed by atoms with van der Waals surface area (Å²) in [5.74, 6) is -1.21. The highest BCUT2D eigenvalue weighted by Gasteiger charge is 2.32. The number of hydrogen-bond donors (Lipinski definition) is 2. The quantitative estimate of drug-likeness (QED) is 0.543. The van der Waals surface area contributed by atoms with Crippen LogP contribution in [0.25, 0.3) is 0 Å². The summed E-state index contributed by atoms with van der Waals surface area (Å²) in [5.41, 5.74) is 0.361. The van der Waals surface area contributed by atoms with Crippen LogP contribution >= 0.6 is 0 Å². The first-order valence-corrected chi connectivity index (χ1v) is 11.0. The van der Waals surface area contributed by atoms with Crippen molar-refractivity contribution in [3.8, 4) is 5.75 Å². The molecule has 0 radical (unpaired) electrons. The predicted octanol–water partition coefficient (Wildman–Crippen LogP) is 3.66. The molecular formula is C20H29FN2O4S. The fourth-order valence-corrected chi connectivity index (χ4v) is 3.61. The summed E-state index contributed by atoms with van der Waals surface area (Å²) in [4.78, 5) is 12.2. The number of halogens is 1. The zero-order valence-electron chi connectivity index (χ0n) is 16.7. The topological polar surface area (TPSA) is 84.5 Å². The van der Waals surface area contributed by atoms with Crippen LogP contribution in [0.2, 0.25) is 0 Å². The number of hydrogen-bond acceptors (Lipinski definition) is 4. The van der Waals surface area contributed by atoms with Crippen LogP contribution in [0, 0.1) is 11.2 Å². The van der Waals surface area contributed by atoms with Gasteiger partial charge in [0, 0.05) is 18.5 Å². The van der Waals surface area contributed by atoms with Gasteiger partial charge in [-0.1, -0.05) is 19.9 Å². The Morgan fingerprint density at radius 2 is 2.00 bits per heavy atom. The molecule has 0 aliphatic heterocycles. The second-order valence-corrected chi connectivity index (χ2v) is 8.89. The van der Waals surface area contributed by atoms with Crippen LogP contribution < -0.4 is 14.2 Å². The van der Waals surface area contributed by atoms with Gasteiger partial charge in [-0.3, -0.25) is 4.79 Å². The van der Waals surface area contributed by atoms with E-state index in [1.54, 1.807) is 4.72 Å². The van der Waals surface area contributed by atoms with Crippen LogP contribution in [0.3, 0.4) is 0 Å². The number of rotatable bonds is 11. The van der Waals surface area contributed by atoms with Crippen LogP contribution in [-0.2, 0) is 10.2 Å². The van der Waals surface area contributed by atoms with Gasteiger partial charge >= 0.3 is 10.2 Å². The lowest BCUT2D eigenvalue weighted by molar-refractivity contribution is 0.0976. The maximum absolute atomic E-state index is 14.6. The van der Waals surface area contributed by atoms with Crippen molar-refractivity contribution in [2.45, 2.75) is 51.9 Å². The molecule has 1 aromatic carbocycles. The van der Waals surface area contributed by atoms with E-state index in [2.05, 4.69) is 20.4 Å². The van der Waals surface area contributed by atoms with E-state index in [9.17, 15) is 17.6 Å². The van der Waals surface area contributed by atoms with Gasteiger partial charge in [-0.2, -0.15) is 8.42 Å². The number of carbonyl (C=O) groups excluding carboxylic acids is 1. The summed E-state index contributed by atoms with van der Waals surface area (Å²) in [5, 5.41) is 0. The highest BCUT2D eigenvalue weighted by Crippen LogP contribution is 2.45. The summed E-state index contributed by atoms with van der Waals surface area (Å²) in [6, 6.07) is 2.61. The zero-order chi connectivity index (χ0) is 20.9. The fourth-order valence-electron chi connectivity index (χ4n) is 3.15. The summed E-state index contributed by atoms with van der Waals surface area (Å²) >= 11 is 0. The standard InChI is InChI=1S/C20H29FN2O4S/c1-5-10-20(6-2,7-3)13-27-18-12-17(21)16(11-15(18)14-8-9-14)19(24)23-28(25,26)22-4/h5,11-12,14,22H,1,6-10,13H2,2-4H3,(H,23,24). The largest absolute Gasteiger partial charge is 0.493 e. The molecule has 1 saturated carbocycles. The van der Waals surface area contributed by atoms with E-state index >= 15 is 0 Å². The van der Waals surface area contributed by atoms with Crippen LogP contribution in [0.5, 0.6) is 5.75 Å². The summed E-state index contributed by atoms with van der Waals surface area (Å²) in [6.45, 7) is 8.42. The maximum Gasteiger partial charge on any atom is 0.301 e. The highest BCUT2D eigenvalue weighted by molar-refractivity contribution is 7.88. The van der Waals surface area contributed by atoms with Crippen molar-refractivity contribution < 1.29 is 22.3 Å². The molecule has 0 unspecified atom stereocenters. The predicted molar refractivity (Wildman–Crippen MR) is 107 cm³/mol. The summed E-state index contributed by atoms with van der Waals surface area (Å²) in [7, 11) is -2.85. The average Bonchev–Trinajstić information content (AvgIpc) is 3.50. The number of benzene rings is 1. The van der Waals surface area contributed by atoms with E-state index < -0.39 is 21.9 Å². The lowest BCUT2D eigenvalue weighted by Crippen LogP contribution is -2.38. The SMILES string of the molecule is C=CCC(CC)(CC)COc1cc(F)c(C(=O)NS(=O)(=O)NC)cc1C1CC1. The lowest BCUT2D eigenvalue weighted by Gasteiger charge is -2.31. The molecular weight excluding hydrogens is 383 g/mol. The molecule has 1 fully saturated rings. The highest BCUT2D eigenvalue weighted by atomic mass is 32.2. The van der Waals surface area contributed by atoms with E-state index in [1.807, 2.05) is 10.8 Å². The van der Waals surface area contributed by atoms with E-state index in [4.69, 9.17) is 4.74 Å². The molecule has 8 heteroatoms. The first-order valence-electron chi connectivity index (χ1n) is 9.53. The second-order valence-electron chi connectivity index (χ2n) is 7.27. The van der Waals surface area contributed by atoms with Gasteiger partial charge in [0.25, 0.3) is 5.91 Å². The van der Waals surface area contributed by atoms with Crippen LogP contribution in [0.4, 0.5) is 4.39 Å². The minimum Gasteiger partial charge on any atom is -0.493 e. The Morgan fingerprint density at radius 3 is 2.50 bits per heavy atom. The smallest absolute Gasteiger partial charge is 0.301 e. The van der Waals surface area contributed by atoms with Gasteiger partial charge in [-0.15, -0.1) is 6.58 Å². The minimum absolute atomic E-state index is 0.0734. The number of nitrogens with one attached hydrogen (secondary N) is 2. The Hall–Kier alpha value is -1.93. The zero-order valence-corrected chi connectivity index (χ0v) is 17.5. The van der Waals surface area contributed by atoms with E-state index in [-0.39, 0.29) is 16.9 Å². The van der Waals surface area contributed by atoms with Gasteiger partial charge in [-0.05, 0) is 49.7 Å². The Bertz CT molecular complexity index is 831. The van der Waals surface area contributed by atoms with Crippen molar-refractivity contribution in [3.05, 3.63) is 41.7 Å². The Kier molecular flexibility index (Phi) is 7.22. The summed E-state index contributed by atoms with van der Waals surface area (Å²) < 4.78 is 47.5. The normalized spacial score (nSPS) is 14.6.